The van der Waals surface area contributed by atoms with Crippen molar-refractivity contribution in [2.75, 3.05) is 20.2 Å². The van der Waals surface area contributed by atoms with Gasteiger partial charge in [0, 0.05) is 13.6 Å². The standard InChI is InChI=1S/C19H32N2O5/c1-8-12-25-17(23)15(13(2)3)20(7)16(22)14-10-9-11-21(14)18(24)26-19(4,5)6/h8,13-15H,1,9-12H2,2-7H3. The molecule has 26 heavy (non-hydrogen) atoms. The maximum atomic E-state index is 13.0. The van der Waals surface area contributed by atoms with Crippen LogP contribution in [0.5, 0.6) is 0 Å². The first-order valence-corrected chi connectivity index (χ1v) is 9.03. The Balaban J connectivity index is 2.91. The quantitative estimate of drug-likeness (QED) is 0.532. The molecule has 148 valence electrons. The maximum absolute atomic E-state index is 13.0. The Morgan fingerprint density at radius 3 is 2.42 bits per heavy atom. The van der Waals surface area contributed by atoms with E-state index in [-0.39, 0.29) is 18.4 Å². The zero-order valence-electron chi connectivity index (χ0n) is 16.8. The number of esters is 1. The largest absolute Gasteiger partial charge is 0.460 e. The van der Waals surface area contributed by atoms with Gasteiger partial charge in [-0.3, -0.25) is 9.69 Å². The molecule has 1 aliphatic heterocycles. The topological polar surface area (TPSA) is 76.2 Å². The second-order valence-electron chi connectivity index (χ2n) is 7.89. The van der Waals surface area contributed by atoms with Crippen molar-refractivity contribution in [3.05, 3.63) is 12.7 Å². The van der Waals surface area contributed by atoms with Crippen LogP contribution in [0.15, 0.2) is 12.7 Å². The van der Waals surface area contributed by atoms with Crippen LogP contribution in [0.2, 0.25) is 0 Å². The van der Waals surface area contributed by atoms with Gasteiger partial charge in [-0.25, -0.2) is 9.59 Å². The number of hydrogen-bond donors (Lipinski definition) is 0. The Labute approximate surface area is 156 Å². The molecule has 7 nitrogen and oxygen atoms in total. The summed E-state index contributed by atoms with van der Waals surface area (Å²) < 4.78 is 10.5. The number of rotatable bonds is 6. The molecule has 1 heterocycles. The highest BCUT2D eigenvalue weighted by molar-refractivity contribution is 5.90. The first-order chi connectivity index (χ1) is 12.0. The second-order valence-corrected chi connectivity index (χ2v) is 7.89. The van der Waals surface area contributed by atoms with E-state index in [1.807, 2.05) is 13.8 Å². The average molecular weight is 368 g/mol. The van der Waals surface area contributed by atoms with Gasteiger partial charge >= 0.3 is 12.1 Å². The number of likely N-dealkylation sites (tertiary alicyclic amines) is 1. The number of carbonyl (C=O) groups is 3. The fraction of sp³-hybridized carbons (Fsp3) is 0.737. The minimum atomic E-state index is -0.719. The van der Waals surface area contributed by atoms with Gasteiger partial charge in [-0.2, -0.15) is 0 Å². The van der Waals surface area contributed by atoms with E-state index >= 15 is 0 Å². The third-order valence-electron chi connectivity index (χ3n) is 4.15. The van der Waals surface area contributed by atoms with E-state index in [1.165, 1.54) is 15.9 Å². The van der Waals surface area contributed by atoms with E-state index in [1.54, 1.807) is 27.8 Å². The molecule has 0 aromatic rings. The zero-order chi connectivity index (χ0) is 20.1. The van der Waals surface area contributed by atoms with Crippen LogP contribution in [0, 0.1) is 5.92 Å². The second kappa shape index (κ2) is 9.05. The molecule has 1 saturated heterocycles. The van der Waals surface area contributed by atoms with Gasteiger partial charge in [-0.05, 0) is 39.5 Å². The normalized spacial score (nSPS) is 18.4. The van der Waals surface area contributed by atoms with Crippen LogP contribution in [0.4, 0.5) is 4.79 Å². The van der Waals surface area contributed by atoms with Crippen molar-refractivity contribution < 1.29 is 23.9 Å². The van der Waals surface area contributed by atoms with Crippen LogP contribution >= 0.6 is 0 Å². The summed E-state index contributed by atoms with van der Waals surface area (Å²) in [4.78, 5) is 40.6. The zero-order valence-corrected chi connectivity index (χ0v) is 16.8. The highest BCUT2D eigenvalue weighted by Crippen LogP contribution is 2.24. The van der Waals surface area contributed by atoms with Gasteiger partial charge in [-0.15, -0.1) is 0 Å². The highest BCUT2D eigenvalue weighted by Gasteiger charge is 2.41. The predicted molar refractivity (Wildman–Crippen MR) is 98.5 cm³/mol. The Morgan fingerprint density at radius 1 is 1.31 bits per heavy atom. The number of ether oxygens (including phenoxy) is 2. The summed E-state index contributed by atoms with van der Waals surface area (Å²) in [5.74, 6) is -0.877. The van der Waals surface area contributed by atoms with Crippen molar-refractivity contribution in [2.24, 2.45) is 5.92 Å². The Kier molecular flexibility index (Phi) is 7.66. The summed E-state index contributed by atoms with van der Waals surface area (Å²) in [6.45, 7) is 13.1. The number of nitrogens with zero attached hydrogens (tertiary/aromatic N) is 2. The summed E-state index contributed by atoms with van der Waals surface area (Å²) in [6, 6.07) is -1.34. The van der Waals surface area contributed by atoms with Crippen LogP contribution in [0.25, 0.3) is 0 Å². The molecule has 0 spiro atoms. The fourth-order valence-electron chi connectivity index (χ4n) is 3.04. The number of amides is 2. The van der Waals surface area contributed by atoms with Gasteiger partial charge in [0.2, 0.25) is 5.91 Å². The van der Waals surface area contributed by atoms with Crippen LogP contribution < -0.4 is 0 Å². The van der Waals surface area contributed by atoms with E-state index in [9.17, 15) is 14.4 Å². The Morgan fingerprint density at radius 2 is 1.92 bits per heavy atom. The predicted octanol–water partition coefficient (Wildman–Crippen LogP) is 2.60. The average Bonchev–Trinajstić information content (AvgIpc) is 2.99. The van der Waals surface area contributed by atoms with Gasteiger partial charge in [0.15, 0.2) is 0 Å². The van der Waals surface area contributed by atoms with Crippen molar-refractivity contribution in [3.63, 3.8) is 0 Å². The van der Waals surface area contributed by atoms with Gasteiger partial charge < -0.3 is 14.4 Å². The molecular weight excluding hydrogens is 336 g/mol. The van der Waals surface area contributed by atoms with Gasteiger partial charge in [0.1, 0.15) is 24.3 Å². The van der Waals surface area contributed by atoms with Crippen LogP contribution in [0.3, 0.4) is 0 Å². The molecule has 2 amide bonds. The SMILES string of the molecule is C=CCOC(=O)C(C(C)C)N(C)C(=O)C1CCCN1C(=O)OC(C)(C)C. The van der Waals surface area contributed by atoms with E-state index in [0.717, 1.165) is 6.42 Å². The summed E-state index contributed by atoms with van der Waals surface area (Å²) in [7, 11) is 1.58. The van der Waals surface area contributed by atoms with E-state index in [0.29, 0.717) is 13.0 Å². The maximum Gasteiger partial charge on any atom is 0.410 e. The molecule has 0 bridgehead atoms. The number of hydrogen-bond acceptors (Lipinski definition) is 5. The molecule has 7 heteroatoms. The third-order valence-corrected chi connectivity index (χ3v) is 4.15. The monoisotopic (exact) mass is 368 g/mol. The van der Waals surface area contributed by atoms with Crippen molar-refractivity contribution >= 4 is 18.0 Å². The minimum Gasteiger partial charge on any atom is -0.460 e. The molecule has 1 rings (SSSR count). The summed E-state index contributed by atoms with van der Waals surface area (Å²) in [5.41, 5.74) is -0.631. The van der Waals surface area contributed by atoms with Crippen LogP contribution in [-0.4, -0.2) is 65.7 Å². The van der Waals surface area contributed by atoms with E-state index in [2.05, 4.69) is 6.58 Å². The number of carbonyl (C=O) groups excluding carboxylic acids is 3. The molecule has 1 aliphatic rings. The fourth-order valence-corrected chi connectivity index (χ4v) is 3.04. The highest BCUT2D eigenvalue weighted by atomic mass is 16.6. The molecule has 0 aromatic carbocycles. The molecule has 0 aliphatic carbocycles. The molecule has 0 saturated carbocycles. The molecular formula is C19H32N2O5. The third kappa shape index (κ3) is 5.75. The molecule has 0 aromatic heterocycles. The van der Waals surface area contributed by atoms with E-state index in [4.69, 9.17) is 9.47 Å². The first kappa shape index (κ1) is 22.0. The van der Waals surface area contributed by atoms with Crippen LogP contribution in [0.1, 0.15) is 47.5 Å². The molecule has 1 fully saturated rings. The van der Waals surface area contributed by atoms with Gasteiger partial charge in [0.25, 0.3) is 0 Å². The smallest absolute Gasteiger partial charge is 0.410 e. The first-order valence-electron chi connectivity index (χ1n) is 9.03. The Hall–Kier alpha value is -2.05. The van der Waals surface area contributed by atoms with Crippen molar-refractivity contribution in [1.29, 1.82) is 0 Å². The van der Waals surface area contributed by atoms with Gasteiger partial charge in [0.05, 0.1) is 0 Å². The molecule has 2 atom stereocenters. The van der Waals surface area contributed by atoms with Crippen molar-refractivity contribution in [2.45, 2.75) is 65.1 Å². The molecule has 0 N–H and O–H groups in total. The summed E-state index contributed by atoms with van der Waals surface area (Å²) in [5, 5.41) is 0. The van der Waals surface area contributed by atoms with Crippen molar-refractivity contribution in [3.8, 4) is 0 Å². The number of likely N-dealkylation sites (N-methyl/N-ethyl adjacent to an activating group) is 1. The van der Waals surface area contributed by atoms with Crippen molar-refractivity contribution in [1.82, 2.24) is 9.80 Å². The lowest BCUT2D eigenvalue weighted by atomic mass is 10.0. The molecule has 0 radical (unpaired) electrons. The Bertz CT molecular complexity index is 539. The summed E-state index contributed by atoms with van der Waals surface area (Å²) >= 11 is 0. The van der Waals surface area contributed by atoms with Gasteiger partial charge in [-0.1, -0.05) is 26.5 Å². The van der Waals surface area contributed by atoms with E-state index < -0.39 is 29.7 Å². The molecule has 2 unspecified atom stereocenters. The lowest BCUT2D eigenvalue weighted by Crippen LogP contribution is -2.54. The lowest BCUT2D eigenvalue weighted by Gasteiger charge is -2.34. The summed E-state index contributed by atoms with van der Waals surface area (Å²) in [6.07, 6.45) is 2.25. The minimum absolute atomic E-state index is 0.0948. The van der Waals surface area contributed by atoms with Crippen LogP contribution in [-0.2, 0) is 19.1 Å². The lowest BCUT2D eigenvalue weighted by molar-refractivity contribution is -0.156.